The molecule has 0 bridgehead atoms. The number of benzene rings is 1. The molecule has 4 aromatic rings. The molecule has 3 heterocycles. The zero-order chi connectivity index (χ0) is 19.0. The average molecular weight is 359 g/mol. The van der Waals surface area contributed by atoms with Gasteiger partial charge in [-0.25, -0.2) is 14.3 Å². The molecule has 0 spiro atoms. The first kappa shape index (κ1) is 16.7. The third-order valence-corrected chi connectivity index (χ3v) is 4.55. The van der Waals surface area contributed by atoms with Crippen LogP contribution in [0.1, 0.15) is 18.5 Å². The van der Waals surface area contributed by atoms with Gasteiger partial charge in [-0.3, -0.25) is 14.3 Å². The Morgan fingerprint density at radius 1 is 1.00 bits per heavy atom. The Balaban J connectivity index is 2.08. The number of nitrogens with two attached hydrogens (primary N) is 1. The summed E-state index contributed by atoms with van der Waals surface area (Å²) in [5.41, 5.74) is 7.17. The van der Waals surface area contributed by atoms with Crippen LogP contribution in [-0.2, 0) is 0 Å². The normalized spacial score (nSPS) is 12.2. The molecule has 2 N–H and O–H groups in total. The van der Waals surface area contributed by atoms with Crippen molar-refractivity contribution in [2.75, 3.05) is 5.73 Å². The Bertz CT molecular complexity index is 1230. The average Bonchev–Trinajstić information content (AvgIpc) is 2.70. The van der Waals surface area contributed by atoms with Gasteiger partial charge >= 0.3 is 5.69 Å². The van der Waals surface area contributed by atoms with Crippen molar-refractivity contribution in [3.63, 3.8) is 0 Å². The van der Waals surface area contributed by atoms with E-state index in [4.69, 9.17) is 5.73 Å². The molecule has 1 unspecified atom stereocenters. The molecule has 1 aromatic carbocycles. The van der Waals surface area contributed by atoms with E-state index in [1.165, 1.54) is 9.13 Å². The summed E-state index contributed by atoms with van der Waals surface area (Å²) in [5, 5.41) is 0.365. The number of aromatic nitrogens is 4. The van der Waals surface area contributed by atoms with Crippen LogP contribution < -0.4 is 17.0 Å². The van der Waals surface area contributed by atoms with Crippen LogP contribution in [0.4, 0.5) is 5.69 Å². The van der Waals surface area contributed by atoms with Gasteiger partial charge in [-0.05, 0) is 55.0 Å². The lowest BCUT2D eigenvalue weighted by molar-refractivity contribution is 0.570. The topological polar surface area (TPSA) is 95.8 Å². The maximum Gasteiger partial charge on any atom is 0.337 e. The molecule has 0 amide bonds. The Kier molecular flexibility index (Phi) is 4.04. The summed E-state index contributed by atoms with van der Waals surface area (Å²) < 4.78 is 2.67. The highest BCUT2D eigenvalue weighted by Gasteiger charge is 2.20. The predicted octanol–water partition coefficient (Wildman–Crippen LogP) is 2.13. The quantitative estimate of drug-likeness (QED) is 0.565. The van der Waals surface area contributed by atoms with E-state index in [0.29, 0.717) is 22.4 Å². The van der Waals surface area contributed by atoms with E-state index in [1.54, 1.807) is 68.0 Å². The van der Waals surface area contributed by atoms with Crippen molar-refractivity contribution in [2.45, 2.75) is 13.0 Å². The van der Waals surface area contributed by atoms with Crippen molar-refractivity contribution < 1.29 is 0 Å². The van der Waals surface area contributed by atoms with Crippen molar-refractivity contribution in [1.29, 1.82) is 0 Å². The van der Waals surface area contributed by atoms with Crippen LogP contribution >= 0.6 is 0 Å². The van der Waals surface area contributed by atoms with E-state index in [1.807, 2.05) is 6.07 Å². The largest absolute Gasteiger partial charge is 0.399 e. The molecule has 0 aliphatic heterocycles. The first-order chi connectivity index (χ1) is 13.1. The zero-order valence-electron chi connectivity index (χ0n) is 14.6. The summed E-state index contributed by atoms with van der Waals surface area (Å²) in [6.45, 7) is 1.80. The minimum atomic E-state index is -0.483. The second-order valence-corrected chi connectivity index (χ2v) is 6.22. The fourth-order valence-corrected chi connectivity index (χ4v) is 3.13. The van der Waals surface area contributed by atoms with Crippen molar-refractivity contribution in [1.82, 2.24) is 19.1 Å². The Hall–Kier alpha value is -3.74. The van der Waals surface area contributed by atoms with Crippen molar-refractivity contribution in [2.24, 2.45) is 0 Å². The van der Waals surface area contributed by atoms with Gasteiger partial charge in [0, 0.05) is 24.3 Å². The summed E-state index contributed by atoms with van der Waals surface area (Å²) in [6, 6.07) is 13.4. The van der Waals surface area contributed by atoms with Gasteiger partial charge in [0.2, 0.25) is 0 Å². The second-order valence-electron chi connectivity index (χ2n) is 6.22. The van der Waals surface area contributed by atoms with Crippen molar-refractivity contribution in [3.05, 3.63) is 93.5 Å². The van der Waals surface area contributed by atoms with E-state index < -0.39 is 11.7 Å². The molecule has 0 aliphatic carbocycles. The molecule has 3 aromatic heterocycles. The zero-order valence-corrected chi connectivity index (χ0v) is 14.6. The van der Waals surface area contributed by atoms with Crippen molar-refractivity contribution in [3.8, 4) is 5.69 Å². The van der Waals surface area contributed by atoms with E-state index >= 15 is 0 Å². The standard InChI is InChI=1S/C20H17N5O2/c1-13(14-4-2-10-22-12-14)24-19(26)17-5-3-11-23-18(17)25(20(24)27)16-8-6-15(21)7-9-16/h2-13H,21H2,1H3. The molecule has 4 rings (SSSR count). The van der Waals surface area contributed by atoms with Crippen LogP contribution in [0.25, 0.3) is 16.7 Å². The molecule has 7 heteroatoms. The smallest absolute Gasteiger partial charge is 0.337 e. The first-order valence-electron chi connectivity index (χ1n) is 8.46. The number of nitrogens with zero attached hydrogens (tertiary/aromatic N) is 4. The van der Waals surface area contributed by atoms with E-state index in [9.17, 15) is 9.59 Å². The van der Waals surface area contributed by atoms with E-state index in [0.717, 1.165) is 5.56 Å². The van der Waals surface area contributed by atoms with Crippen LogP contribution in [0.5, 0.6) is 0 Å². The summed E-state index contributed by atoms with van der Waals surface area (Å²) in [7, 11) is 0. The second kappa shape index (κ2) is 6.53. The van der Waals surface area contributed by atoms with Crippen LogP contribution in [0.3, 0.4) is 0 Å². The highest BCUT2D eigenvalue weighted by atomic mass is 16.2. The molecule has 1 atom stereocenters. The molecule has 27 heavy (non-hydrogen) atoms. The Labute approximate surface area is 154 Å². The monoisotopic (exact) mass is 359 g/mol. The van der Waals surface area contributed by atoms with Crippen LogP contribution in [0.2, 0.25) is 0 Å². The number of pyridine rings is 2. The third-order valence-electron chi connectivity index (χ3n) is 4.55. The third kappa shape index (κ3) is 2.79. The van der Waals surface area contributed by atoms with Crippen LogP contribution in [-0.4, -0.2) is 19.1 Å². The first-order valence-corrected chi connectivity index (χ1v) is 8.46. The molecule has 0 aliphatic rings. The Morgan fingerprint density at radius 2 is 1.74 bits per heavy atom. The lowest BCUT2D eigenvalue weighted by Gasteiger charge is -2.18. The summed E-state index contributed by atoms with van der Waals surface area (Å²) in [4.78, 5) is 34.8. The molecule has 0 fully saturated rings. The van der Waals surface area contributed by atoms with Crippen LogP contribution in [0, 0.1) is 0 Å². The molecule has 134 valence electrons. The minimum Gasteiger partial charge on any atom is -0.399 e. The van der Waals surface area contributed by atoms with E-state index in [2.05, 4.69) is 9.97 Å². The van der Waals surface area contributed by atoms with Gasteiger partial charge in [0.05, 0.1) is 17.1 Å². The highest BCUT2D eigenvalue weighted by Crippen LogP contribution is 2.17. The van der Waals surface area contributed by atoms with Gasteiger partial charge in [-0.15, -0.1) is 0 Å². The number of rotatable bonds is 3. The molecule has 0 radical (unpaired) electrons. The summed E-state index contributed by atoms with van der Waals surface area (Å²) in [5.74, 6) is 0. The minimum absolute atomic E-state index is 0.312. The summed E-state index contributed by atoms with van der Waals surface area (Å²) in [6.07, 6.45) is 4.86. The summed E-state index contributed by atoms with van der Waals surface area (Å²) >= 11 is 0. The SMILES string of the molecule is CC(c1cccnc1)n1c(=O)c2cccnc2n(-c2ccc(N)cc2)c1=O. The van der Waals surface area contributed by atoms with Crippen molar-refractivity contribution >= 4 is 16.7 Å². The molecular weight excluding hydrogens is 342 g/mol. The lowest BCUT2D eigenvalue weighted by atomic mass is 10.1. The van der Waals surface area contributed by atoms with Crippen LogP contribution in [0.15, 0.2) is 76.7 Å². The van der Waals surface area contributed by atoms with Gasteiger partial charge in [0.1, 0.15) is 0 Å². The molecule has 0 saturated heterocycles. The fourth-order valence-electron chi connectivity index (χ4n) is 3.13. The maximum absolute atomic E-state index is 13.3. The number of anilines is 1. The van der Waals surface area contributed by atoms with Gasteiger partial charge in [-0.1, -0.05) is 6.07 Å². The maximum atomic E-state index is 13.3. The van der Waals surface area contributed by atoms with Gasteiger partial charge in [0.25, 0.3) is 5.56 Å². The highest BCUT2D eigenvalue weighted by molar-refractivity contribution is 5.75. The molecular formula is C20H17N5O2. The number of hydrogen-bond acceptors (Lipinski definition) is 5. The lowest BCUT2D eigenvalue weighted by Crippen LogP contribution is -2.41. The number of hydrogen-bond donors (Lipinski definition) is 1. The van der Waals surface area contributed by atoms with Gasteiger partial charge in [0.15, 0.2) is 5.65 Å². The number of nitrogen functional groups attached to an aromatic ring is 1. The molecule has 7 nitrogen and oxygen atoms in total. The van der Waals surface area contributed by atoms with E-state index in [-0.39, 0.29) is 5.56 Å². The molecule has 0 saturated carbocycles. The Morgan fingerprint density at radius 3 is 2.44 bits per heavy atom. The fraction of sp³-hybridized carbons (Fsp3) is 0.100. The van der Waals surface area contributed by atoms with Gasteiger partial charge in [-0.2, -0.15) is 0 Å². The van der Waals surface area contributed by atoms with Gasteiger partial charge < -0.3 is 5.73 Å². The predicted molar refractivity (Wildman–Crippen MR) is 104 cm³/mol. The number of fused-ring (bicyclic) bond motifs is 1.